The van der Waals surface area contributed by atoms with Crippen LogP contribution in [0.4, 0.5) is 0 Å². The maximum absolute atomic E-state index is 8.60. The molecule has 0 saturated heterocycles. The molecule has 0 atom stereocenters. The minimum Gasteiger partial charge on any atom is -0.395 e. The molecule has 0 fully saturated rings. The second-order valence-corrected chi connectivity index (χ2v) is 2.12. The van der Waals surface area contributed by atoms with E-state index in [4.69, 9.17) is 10.8 Å². The van der Waals surface area contributed by atoms with Gasteiger partial charge in [0.2, 0.25) is 0 Å². The van der Waals surface area contributed by atoms with E-state index in [0.717, 1.165) is 5.69 Å². The lowest BCUT2D eigenvalue weighted by atomic mass is 10.4. The van der Waals surface area contributed by atoms with Crippen molar-refractivity contribution in [3.8, 4) is 0 Å². The molecular formula is C7H12N2O. The second kappa shape index (κ2) is 3.39. The standard InChI is InChI=1S/C7H12N2O/c8-6-7-2-1-3-9(7)4-5-10/h1-3,10H,4-6,8H2. The molecule has 0 aliphatic carbocycles. The molecule has 10 heavy (non-hydrogen) atoms. The quantitative estimate of drug-likeness (QED) is 0.618. The molecule has 1 aromatic rings. The molecule has 0 aromatic carbocycles. The molecule has 56 valence electrons. The Morgan fingerprint density at radius 1 is 1.60 bits per heavy atom. The van der Waals surface area contributed by atoms with Crippen molar-refractivity contribution in [1.29, 1.82) is 0 Å². The van der Waals surface area contributed by atoms with Crippen LogP contribution in [0.5, 0.6) is 0 Å². The molecule has 0 bridgehead atoms. The lowest BCUT2D eigenvalue weighted by Gasteiger charge is -2.03. The number of nitrogens with two attached hydrogens (primary N) is 1. The van der Waals surface area contributed by atoms with Crippen molar-refractivity contribution in [2.45, 2.75) is 13.1 Å². The summed E-state index contributed by atoms with van der Waals surface area (Å²) >= 11 is 0. The van der Waals surface area contributed by atoms with Crippen LogP contribution in [0.2, 0.25) is 0 Å². The first-order valence-electron chi connectivity index (χ1n) is 3.33. The van der Waals surface area contributed by atoms with Crippen molar-refractivity contribution in [2.24, 2.45) is 5.73 Å². The van der Waals surface area contributed by atoms with E-state index < -0.39 is 0 Å². The molecular weight excluding hydrogens is 128 g/mol. The van der Waals surface area contributed by atoms with Gasteiger partial charge in [0.25, 0.3) is 0 Å². The maximum atomic E-state index is 8.60. The third-order valence-electron chi connectivity index (χ3n) is 1.47. The molecule has 3 heteroatoms. The van der Waals surface area contributed by atoms with Gasteiger partial charge in [0, 0.05) is 25.0 Å². The summed E-state index contributed by atoms with van der Waals surface area (Å²) in [7, 11) is 0. The molecule has 0 aliphatic heterocycles. The fourth-order valence-corrected chi connectivity index (χ4v) is 0.961. The minimum atomic E-state index is 0.168. The Bertz CT molecular complexity index is 195. The van der Waals surface area contributed by atoms with E-state index in [2.05, 4.69) is 0 Å². The molecule has 0 unspecified atom stereocenters. The Balaban J connectivity index is 2.70. The maximum Gasteiger partial charge on any atom is 0.0610 e. The first kappa shape index (κ1) is 7.31. The first-order valence-corrected chi connectivity index (χ1v) is 3.33. The van der Waals surface area contributed by atoms with Crippen molar-refractivity contribution in [1.82, 2.24) is 4.57 Å². The van der Waals surface area contributed by atoms with Gasteiger partial charge in [0.05, 0.1) is 6.61 Å². The first-order chi connectivity index (χ1) is 4.88. The van der Waals surface area contributed by atoms with Gasteiger partial charge in [-0.05, 0) is 12.1 Å². The van der Waals surface area contributed by atoms with E-state index in [-0.39, 0.29) is 6.61 Å². The predicted octanol–water partition coefficient (Wildman–Crippen LogP) is -0.0609. The van der Waals surface area contributed by atoms with Crippen molar-refractivity contribution in [3.63, 3.8) is 0 Å². The van der Waals surface area contributed by atoms with Crippen LogP contribution in [0, 0.1) is 0 Å². The van der Waals surface area contributed by atoms with Crippen LogP contribution in [-0.2, 0) is 13.1 Å². The lowest BCUT2D eigenvalue weighted by molar-refractivity contribution is 0.274. The van der Waals surface area contributed by atoms with E-state index in [1.54, 1.807) is 0 Å². The van der Waals surface area contributed by atoms with Crippen molar-refractivity contribution >= 4 is 0 Å². The van der Waals surface area contributed by atoms with Gasteiger partial charge in [-0.2, -0.15) is 0 Å². The summed E-state index contributed by atoms with van der Waals surface area (Å²) in [6.07, 6.45) is 1.92. The third kappa shape index (κ3) is 1.37. The van der Waals surface area contributed by atoms with E-state index in [0.29, 0.717) is 13.1 Å². The average Bonchev–Trinajstić information content (AvgIpc) is 2.36. The van der Waals surface area contributed by atoms with Crippen LogP contribution >= 0.6 is 0 Å². The predicted molar refractivity (Wildman–Crippen MR) is 39.4 cm³/mol. The topological polar surface area (TPSA) is 51.2 Å². The van der Waals surface area contributed by atoms with Gasteiger partial charge in [-0.1, -0.05) is 0 Å². The molecule has 0 spiro atoms. The molecule has 0 saturated carbocycles. The Morgan fingerprint density at radius 2 is 2.40 bits per heavy atom. The molecule has 3 nitrogen and oxygen atoms in total. The number of hydrogen-bond acceptors (Lipinski definition) is 2. The van der Waals surface area contributed by atoms with Crippen LogP contribution in [0.25, 0.3) is 0 Å². The van der Waals surface area contributed by atoms with Crippen molar-refractivity contribution in [3.05, 3.63) is 24.0 Å². The summed E-state index contributed by atoms with van der Waals surface area (Å²) in [6, 6.07) is 3.88. The van der Waals surface area contributed by atoms with Gasteiger partial charge >= 0.3 is 0 Å². The van der Waals surface area contributed by atoms with Crippen LogP contribution in [0.3, 0.4) is 0 Å². The smallest absolute Gasteiger partial charge is 0.0610 e. The molecule has 0 amide bonds. The van der Waals surface area contributed by atoms with Gasteiger partial charge in [-0.25, -0.2) is 0 Å². The molecule has 3 N–H and O–H groups in total. The number of hydrogen-bond donors (Lipinski definition) is 2. The number of rotatable bonds is 3. The van der Waals surface area contributed by atoms with Crippen molar-refractivity contribution in [2.75, 3.05) is 6.61 Å². The summed E-state index contributed by atoms with van der Waals surface area (Å²) in [4.78, 5) is 0. The van der Waals surface area contributed by atoms with Gasteiger partial charge in [-0.3, -0.25) is 0 Å². The third-order valence-corrected chi connectivity index (χ3v) is 1.47. The second-order valence-electron chi connectivity index (χ2n) is 2.12. The summed E-state index contributed by atoms with van der Waals surface area (Å²) < 4.78 is 1.94. The van der Waals surface area contributed by atoms with E-state index in [1.807, 2.05) is 22.9 Å². The van der Waals surface area contributed by atoms with Gasteiger partial charge in [-0.15, -0.1) is 0 Å². The number of aliphatic hydroxyl groups excluding tert-OH is 1. The van der Waals surface area contributed by atoms with Crippen molar-refractivity contribution < 1.29 is 5.11 Å². The van der Waals surface area contributed by atoms with Crippen LogP contribution in [-0.4, -0.2) is 16.3 Å². The van der Waals surface area contributed by atoms with E-state index in [1.165, 1.54) is 0 Å². The normalized spacial score (nSPS) is 10.2. The van der Waals surface area contributed by atoms with Crippen LogP contribution in [0.1, 0.15) is 5.69 Å². The SMILES string of the molecule is NCc1cccn1CCO. The molecule has 1 rings (SSSR count). The highest BCUT2D eigenvalue weighted by Gasteiger charge is 1.95. The molecule has 0 aliphatic rings. The number of aliphatic hydroxyl groups is 1. The number of nitrogens with zero attached hydrogens (tertiary/aromatic N) is 1. The van der Waals surface area contributed by atoms with Crippen LogP contribution < -0.4 is 5.73 Å². The zero-order chi connectivity index (χ0) is 7.40. The molecule has 1 heterocycles. The zero-order valence-electron chi connectivity index (χ0n) is 5.83. The Hall–Kier alpha value is -0.800. The number of aromatic nitrogens is 1. The zero-order valence-corrected chi connectivity index (χ0v) is 5.83. The highest BCUT2D eigenvalue weighted by atomic mass is 16.3. The van der Waals surface area contributed by atoms with E-state index >= 15 is 0 Å². The Morgan fingerprint density at radius 3 is 3.00 bits per heavy atom. The molecule has 1 aromatic heterocycles. The van der Waals surface area contributed by atoms with Gasteiger partial charge in [0.15, 0.2) is 0 Å². The average molecular weight is 140 g/mol. The highest BCUT2D eigenvalue weighted by Crippen LogP contribution is 1.99. The van der Waals surface area contributed by atoms with Crippen LogP contribution in [0.15, 0.2) is 18.3 Å². The molecule has 0 radical (unpaired) electrons. The Labute approximate surface area is 60.1 Å². The fourth-order valence-electron chi connectivity index (χ4n) is 0.961. The highest BCUT2D eigenvalue weighted by molar-refractivity contribution is 5.06. The van der Waals surface area contributed by atoms with E-state index in [9.17, 15) is 0 Å². The summed E-state index contributed by atoms with van der Waals surface area (Å²) in [5.74, 6) is 0. The summed E-state index contributed by atoms with van der Waals surface area (Å²) in [6.45, 7) is 1.34. The van der Waals surface area contributed by atoms with Gasteiger partial charge < -0.3 is 15.4 Å². The summed E-state index contributed by atoms with van der Waals surface area (Å²) in [5, 5.41) is 8.60. The summed E-state index contributed by atoms with van der Waals surface area (Å²) in [5.41, 5.74) is 6.49. The Kier molecular flexibility index (Phi) is 2.48. The van der Waals surface area contributed by atoms with Gasteiger partial charge in [0.1, 0.15) is 0 Å². The monoisotopic (exact) mass is 140 g/mol. The fraction of sp³-hybridized carbons (Fsp3) is 0.429. The minimum absolute atomic E-state index is 0.168. The largest absolute Gasteiger partial charge is 0.395 e. The lowest BCUT2D eigenvalue weighted by Crippen LogP contribution is -2.08.